The third kappa shape index (κ3) is 3.87. The molecule has 1 amide bonds. The van der Waals surface area contributed by atoms with Gasteiger partial charge in [-0.3, -0.25) is 14.9 Å². The minimum absolute atomic E-state index is 0.0343. The van der Waals surface area contributed by atoms with E-state index in [1.807, 2.05) is 6.07 Å². The van der Waals surface area contributed by atoms with Gasteiger partial charge in [0.1, 0.15) is 11.6 Å². The molecule has 2 aromatic carbocycles. The van der Waals surface area contributed by atoms with Crippen LogP contribution in [0.3, 0.4) is 0 Å². The van der Waals surface area contributed by atoms with Crippen molar-refractivity contribution in [3.8, 4) is 5.75 Å². The number of carbonyl (C=O) groups is 1. The molecule has 0 bridgehead atoms. The van der Waals surface area contributed by atoms with Crippen LogP contribution in [0.5, 0.6) is 5.75 Å². The van der Waals surface area contributed by atoms with Gasteiger partial charge in [-0.05, 0) is 30.2 Å². The molecule has 1 N–H and O–H groups in total. The van der Waals surface area contributed by atoms with Crippen LogP contribution in [0.1, 0.15) is 17.9 Å². The summed E-state index contributed by atoms with van der Waals surface area (Å²) in [6, 6.07) is 11.9. The molecule has 1 aliphatic rings. The molecule has 1 fully saturated rings. The Kier molecular flexibility index (Phi) is 4.41. The predicted octanol–water partition coefficient (Wildman–Crippen LogP) is 2.79. The Bertz CT molecular complexity index is 781. The Balaban J connectivity index is 1.49. The van der Waals surface area contributed by atoms with E-state index in [9.17, 15) is 19.3 Å². The quantitative estimate of drug-likeness (QED) is 0.652. The fourth-order valence-electron chi connectivity index (χ4n) is 2.54. The van der Waals surface area contributed by atoms with E-state index < -0.39 is 4.92 Å². The molecule has 124 valence electrons. The van der Waals surface area contributed by atoms with Gasteiger partial charge in [0.15, 0.2) is 6.61 Å². The summed E-state index contributed by atoms with van der Waals surface area (Å²) in [4.78, 5) is 22.0. The first-order valence-electron chi connectivity index (χ1n) is 7.45. The van der Waals surface area contributed by atoms with Crippen molar-refractivity contribution in [3.05, 3.63) is 70.0 Å². The van der Waals surface area contributed by atoms with Gasteiger partial charge in [0.25, 0.3) is 11.6 Å². The number of hydrogen-bond acceptors (Lipinski definition) is 4. The lowest BCUT2D eigenvalue weighted by molar-refractivity contribution is -0.384. The second-order valence-corrected chi connectivity index (χ2v) is 5.61. The largest absolute Gasteiger partial charge is 0.484 e. The number of nitro benzene ring substituents is 1. The first kappa shape index (κ1) is 15.9. The number of halogens is 1. The Hall–Kier alpha value is -2.96. The summed E-state index contributed by atoms with van der Waals surface area (Å²) in [6.45, 7) is -0.229. The van der Waals surface area contributed by atoms with Crippen LogP contribution in [-0.2, 0) is 4.79 Å². The normalized spacial score (nSPS) is 18.7. The van der Waals surface area contributed by atoms with Crippen LogP contribution in [-0.4, -0.2) is 23.5 Å². The van der Waals surface area contributed by atoms with Gasteiger partial charge in [-0.2, -0.15) is 0 Å². The molecular weight excluding hydrogens is 315 g/mol. The summed E-state index contributed by atoms with van der Waals surface area (Å²) in [5.41, 5.74) is 0.765. The summed E-state index contributed by atoms with van der Waals surface area (Å²) in [5.74, 6) is -0.233. The van der Waals surface area contributed by atoms with Gasteiger partial charge in [-0.15, -0.1) is 0 Å². The van der Waals surface area contributed by atoms with Crippen molar-refractivity contribution in [1.29, 1.82) is 0 Å². The first-order valence-corrected chi connectivity index (χ1v) is 7.45. The van der Waals surface area contributed by atoms with E-state index in [0.717, 1.165) is 12.0 Å². The highest BCUT2D eigenvalue weighted by atomic mass is 19.1. The zero-order chi connectivity index (χ0) is 17.1. The van der Waals surface area contributed by atoms with Crippen molar-refractivity contribution in [3.63, 3.8) is 0 Å². The Morgan fingerprint density at radius 3 is 2.83 bits per heavy atom. The molecule has 2 aromatic rings. The topological polar surface area (TPSA) is 81.5 Å². The van der Waals surface area contributed by atoms with Gasteiger partial charge in [-0.1, -0.05) is 18.2 Å². The molecule has 0 radical (unpaired) electrons. The second-order valence-electron chi connectivity index (χ2n) is 5.61. The maximum absolute atomic E-state index is 13.2. The van der Waals surface area contributed by atoms with E-state index in [4.69, 9.17) is 4.74 Å². The van der Waals surface area contributed by atoms with Crippen molar-refractivity contribution in [1.82, 2.24) is 5.32 Å². The minimum atomic E-state index is -0.527. The molecule has 1 aliphatic carbocycles. The van der Waals surface area contributed by atoms with Crippen molar-refractivity contribution < 1.29 is 18.8 Å². The lowest BCUT2D eigenvalue weighted by Gasteiger charge is -2.07. The molecule has 3 rings (SSSR count). The number of ether oxygens (including phenoxy) is 1. The van der Waals surface area contributed by atoms with Crippen LogP contribution in [0.2, 0.25) is 0 Å². The highest BCUT2D eigenvalue weighted by Gasteiger charge is 2.39. The molecule has 0 spiro atoms. The number of nitrogens with zero attached hydrogens (tertiary/aromatic N) is 1. The predicted molar refractivity (Wildman–Crippen MR) is 84.3 cm³/mol. The van der Waals surface area contributed by atoms with Crippen LogP contribution in [0.4, 0.5) is 10.1 Å². The van der Waals surface area contributed by atoms with E-state index in [2.05, 4.69) is 5.32 Å². The third-order valence-corrected chi connectivity index (χ3v) is 3.81. The van der Waals surface area contributed by atoms with Crippen LogP contribution >= 0.6 is 0 Å². The lowest BCUT2D eigenvalue weighted by Crippen LogP contribution is -2.31. The first-order chi connectivity index (χ1) is 11.5. The van der Waals surface area contributed by atoms with Crippen molar-refractivity contribution in [2.24, 2.45) is 0 Å². The average Bonchev–Trinajstić information content (AvgIpc) is 3.32. The molecule has 0 saturated heterocycles. The number of nitro groups is 1. The van der Waals surface area contributed by atoms with E-state index in [0.29, 0.717) is 0 Å². The van der Waals surface area contributed by atoms with E-state index in [1.54, 1.807) is 12.1 Å². The summed E-state index contributed by atoms with van der Waals surface area (Å²) >= 11 is 0. The maximum atomic E-state index is 13.2. The number of nitrogens with one attached hydrogen (secondary N) is 1. The van der Waals surface area contributed by atoms with Crippen LogP contribution < -0.4 is 10.1 Å². The molecule has 0 heterocycles. The Morgan fingerprint density at radius 2 is 2.08 bits per heavy atom. The summed E-state index contributed by atoms with van der Waals surface area (Å²) in [6.07, 6.45) is 0.756. The van der Waals surface area contributed by atoms with Gasteiger partial charge >= 0.3 is 0 Å². The zero-order valence-corrected chi connectivity index (χ0v) is 12.6. The zero-order valence-electron chi connectivity index (χ0n) is 12.6. The Morgan fingerprint density at radius 1 is 1.29 bits per heavy atom. The van der Waals surface area contributed by atoms with Crippen molar-refractivity contribution >= 4 is 11.6 Å². The molecular formula is C17H15FN2O4. The maximum Gasteiger partial charge on any atom is 0.273 e. The Labute approximate surface area is 137 Å². The summed E-state index contributed by atoms with van der Waals surface area (Å²) < 4.78 is 18.5. The monoisotopic (exact) mass is 330 g/mol. The molecule has 0 aliphatic heterocycles. The fourth-order valence-corrected chi connectivity index (χ4v) is 2.54. The minimum Gasteiger partial charge on any atom is -0.484 e. The van der Waals surface area contributed by atoms with Gasteiger partial charge < -0.3 is 10.1 Å². The molecule has 7 heteroatoms. The fraction of sp³-hybridized carbons (Fsp3) is 0.235. The van der Waals surface area contributed by atoms with E-state index in [1.165, 1.54) is 30.3 Å². The standard InChI is InChI=1S/C17H15FN2O4/c18-12-4-1-3-11(7-12)15-9-16(15)19-17(21)10-24-14-6-2-5-13(8-14)20(22)23/h1-8,15-16H,9-10H2,(H,19,21)/t15-,16+/m0/s1. The number of amides is 1. The number of hydrogen-bond donors (Lipinski definition) is 1. The number of rotatable bonds is 6. The smallest absolute Gasteiger partial charge is 0.273 e. The lowest BCUT2D eigenvalue weighted by atomic mass is 10.1. The van der Waals surface area contributed by atoms with Crippen LogP contribution in [0.15, 0.2) is 48.5 Å². The third-order valence-electron chi connectivity index (χ3n) is 3.81. The van der Waals surface area contributed by atoms with Crippen LogP contribution in [0, 0.1) is 15.9 Å². The molecule has 24 heavy (non-hydrogen) atoms. The van der Waals surface area contributed by atoms with Crippen molar-refractivity contribution in [2.45, 2.75) is 18.4 Å². The molecule has 0 unspecified atom stereocenters. The average molecular weight is 330 g/mol. The van der Waals surface area contributed by atoms with E-state index in [-0.39, 0.29) is 41.7 Å². The highest BCUT2D eigenvalue weighted by molar-refractivity contribution is 5.78. The number of non-ortho nitro benzene ring substituents is 1. The number of carbonyl (C=O) groups excluding carboxylic acids is 1. The SMILES string of the molecule is O=C(COc1cccc([N+](=O)[O-])c1)N[C@@H]1C[C@H]1c1cccc(F)c1. The van der Waals surface area contributed by atoms with Gasteiger partial charge in [0, 0.05) is 18.0 Å². The highest BCUT2D eigenvalue weighted by Crippen LogP contribution is 2.40. The van der Waals surface area contributed by atoms with Gasteiger partial charge in [0.2, 0.25) is 0 Å². The number of benzene rings is 2. The second kappa shape index (κ2) is 6.66. The van der Waals surface area contributed by atoms with Crippen molar-refractivity contribution in [2.75, 3.05) is 6.61 Å². The summed E-state index contributed by atoms with van der Waals surface area (Å²) in [7, 11) is 0. The molecule has 1 saturated carbocycles. The van der Waals surface area contributed by atoms with E-state index >= 15 is 0 Å². The van der Waals surface area contributed by atoms with Gasteiger partial charge in [0.05, 0.1) is 11.0 Å². The van der Waals surface area contributed by atoms with Gasteiger partial charge in [-0.25, -0.2) is 4.39 Å². The molecule has 6 nitrogen and oxygen atoms in total. The molecule has 2 atom stereocenters. The van der Waals surface area contributed by atoms with Crippen LogP contribution in [0.25, 0.3) is 0 Å². The summed E-state index contributed by atoms with van der Waals surface area (Å²) in [5, 5.41) is 13.5. The molecule has 0 aromatic heterocycles.